The van der Waals surface area contributed by atoms with E-state index in [1.807, 2.05) is 19.1 Å². The minimum atomic E-state index is -0.489. The van der Waals surface area contributed by atoms with Crippen LogP contribution in [0.4, 0.5) is 0 Å². The Morgan fingerprint density at radius 1 is 1.43 bits per heavy atom. The number of nitrogens with one attached hydrogen (secondary N) is 1. The van der Waals surface area contributed by atoms with E-state index in [4.69, 9.17) is 9.15 Å². The first-order valence-electron chi connectivity index (χ1n) is 7.84. The maximum Gasteiger partial charge on any atom is 0.120 e. The Kier molecular flexibility index (Phi) is 6.49. The summed E-state index contributed by atoms with van der Waals surface area (Å²) in [6.07, 6.45) is 7.88. The molecule has 1 heterocycles. The van der Waals surface area contributed by atoms with Gasteiger partial charge in [-0.2, -0.15) is 0 Å². The second kappa shape index (κ2) is 8.37. The molecule has 0 aliphatic heterocycles. The molecule has 0 fully saturated rings. The minimum absolute atomic E-state index is 0.0955. The lowest BCUT2D eigenvalue weighted by molar-refractivity contribution is 0.0118. The zero-order chi connectivity index (χ0) is 15.1. The topological polar surface area (TPSA) is 54.6 Å². The van der Waals surface area contributed by atoms with Crippen LogP contribution >= 0.6 is 0 Å². The van der Waals surface area contributed by atoms with Gasteiger partial charge in [0.25, 0.3) is 0 Å². The summed E-state index contributed by atoms with van der Waals surface area (Å²) in [5.74, 6) is 2.13. The van der Waals surface area contributed by atoms with Gasteiger partial charge in [-0.1, -0.05) is 19.1 Å². The van der Waals surface area contributed by atoms with Gasteiger partial charge in [0.1, 0.15) is 5.76 Å². The smallest absolute Gasteiger partial charge is 0.120 e. The standard InChI is InChI=1S/C17H27NO3/c1-13-6-3-4-7-15(13)11-20-12-16(19)10-18-14(2)17-8-5-9-21-17/h3-5,8-9,13-16,18-19H,6-7,10-12H2,1-2H3/t13?,14-,15?,16?/m1/s1. The molecular weight excluding hydrogens is 266 g/mol. The number of hydrogen-bond acceptors (Lipinski definition) is 4. The van der Waals surface area contributed by atoms with Crippen molar-refractivity contribution in [3.05, 3.63) is 36.3 Å². The molecule has 3 unspecified atom stereocenters. The fraction of sp³-hybridized carbons (Fsp3) is 0.647. The van der Waals surface area contributed by atoms with Crippen LogP contribution in [-0.2, 0) is 4.74 Å². The number of ether oxygens (including phenoxy) is 1. The molecular formula is C17H27NO3. The van der Waals surface area contributed by atoms with Crippen LogP contribution < -0.4 is 5.32 Å². The number of hydrogen-bond donors (Lipinski definition) is 2. The van der Waals surface area contributed by atoms with Crippen molar-refractivity contribution >= 4 is 0 Å². The van der Waals surface area contributed by atoms with Crippen LogP contribution in [0.25, 0.3) is 0 Å². The van der Waals surface area contributed by atoms with Crippen LogP contribution in [0.3, 0.4) is 0 Å². The molecule has 118 valence electrons. The summed E-state index contributed by atoms with van der Waals surface area (Å²) >= 11 is 0. The Balaban J connectivity index is 1.59. The summed E-state index contributed by atoms with van der Waals surface area (Å²) in [5, 5.41) is 13.2. The van der Waals surface area contributed by atoms with Gasteiger partial charge in [-0.25, -0.2) is 0 Å². The van der Waals surface area contributed by atoms with Crippen LogP contribution in [0, 0.1) is 11.8 Å². The third-order valence-electron chi connectivity index (χ3n) is 4.19. The fourth-order valence-electron chi connectivity index (χ4n) is 2.60. The summed E-state index contributed by atoms with van der Waals surface area (Å²) in [7, 11) is 0. The monoisotopic (exact) mass is 293 g/mol. The van der Waals surface area contributed by atoms with Crippen LogP contribution in [0.15, 0.2) is 35.0 Å². The number of allylic oxidation sites excluding steroid dienone is 2. The second-order valence-corrected chi connectivity index (χ2v) is 6.02. The molecule has 0 bridgehead atoms. The number of aliphatic hydroxyl groups excluding tert-OH is 1. The van der Waals surface area contributed by atoms with E-state index in [1.54, 1.807) is 6.26 Å². The molecule has 21 heavy (non-hydrogen) atoms. The predicted molar refractivity (Wildman–Crippen MR) is 83.0 cm³/mol. The molecule has 0 saturated carbocycles. The van der Waals surface area contributed by atoms with Crippen LogP contribution in [0.5, 0.6) is 0 Å². The Bertz CT molecular complexity index is 416. The van der Waals surface area contributed by atoms with Gasteiger partial charge in [-0.3, -0.25) is 0 Å². The maximum absolute atomic E-state index is 9.96. The van der Waals surface area contributed by atoms with E-state index in [0.29, 0.717) is 25.0 Å². The molecule has 2 N–H and O–H groups in total. The quantitative estimate of drug-likeness (QED) is 0.724. The third-order valence-corrected chi connectivity index (χ3v) is 4.19. The van der Waals surface area contributed by atoms with E-state index in [9.17, 15) is 5.11 Å². The lowest BCUT2D eigenvalue weighted by Crippen LogP contribution is -2.33. The van der Waals surface area contributed by atoms with Gasteiger partial charge in [0.2, 0.25) is 0 Å². The molecule has 0 aromatic carbocycles. The first-order chi connectivity index (χ1) is 10.2. The van der Waals surface area contributed by atoms with Gasteiger partial charge in [0.15, 0.2) is 0 Å². The first kappa shape index (κ1) is 16.3. The summed E-state index contributed by atoms with van der Waals surface area (Å²) in [6, 6.07) is 3.89. The van der Waals surface area contributed by atoms with E-state index in [-0.39, 0.29) is 6.04 Å². The van der Waals surface area contributed by atoms with Gasteiger partial charge >= 0.3 is 0 Å². The molecule has 1 aromatic rings. The average Bonchev–Trinajstić information content (AvgIpc) is 3.01. The van der Waals surface area contributed by atoms with Gasteiger partial charge in [-0.05, 0) is 43.7 Å². The van der Waals surface area contributed by atoms with Gasteiger partial charge in [0, 0.05) is 6.54 Å². The summed E-state index contributed by atoms with van der Waals surface area (Å²) in [6.45, 7) is 5.89. The molecule has 4 heteroatoms. The Morgan fingerprint density at radius 2 is 2.24 bits per heavy atom. The molecule has 2 rings (SSSR count). The molecule has 0 amide bonds. The lowest BCUT2D eigenvalue weighted by Gasteiger charge is -2.25. The van der Waals surface area contributed by atoms with Crippen molar-refractivity contribution < 1.29 is 14.3 Å². The highest BCUT2D eigenvalue weighted by Gasteiger charge is 2.19. The van der Waals surface area contributed by atoms with E-state index in [0.717, 1.165) is 25.2 Å². The fourth-order valence-corrected chi connectivity index (χ4v) is 2.60. The van der Waals surface area contributed by atoms with E-state index < -0.39 is 6.10 Å². The molecule has 1 aromatic heterocycles. The van der Waals surface area contributed by atoms with E-state index in [2.05, 4.69) is 24.4 Å². The van der Waals surface area contributed by atoms with Crippen molar-refractivity contribution in [2.24, 2.45) is 11.8 Å². The van der Waals surface area contributed by atoms with Gasteiger partial charge in [0.05, 0.1) is 31.6 Å². The first-order valence-corrected chi connectivity index (χ1v) is 7.84. The predicted octanol–water partition coefficient (Wildman–Crippen LogP) is 2.91. The van der Waals surface area contributed by atoms with Gasteiger partial charge in [-0.15, -0.1) is 0 Å². The zero-order valence-corrected chi connectivity index (χ0v) is 13.0. The van der Waals surface area contributed by atoms with Crippen molar-refractivity contribution in [3.8, 4) is 0 Å². The molecule has 1 aliphatic rings. The molecule has 0 radical (unpaired) electrons. The van der Waals surface area contributed by atoms with Crippen molar-refractivity contribution in [3.63, 3.8) is 0 Å². The maximum atomic E-state index is 9.96. The highest BCUT2D eigenvalue weighted by Crippen LogP contribution is 2.25. The highest BCUT2D eigenvalue weighted by molar-refractivity contribution is 5.02. The third kappa shape index (κ3) is 5.30. The Labute approximate surface area is 127 Å². The zero-order valence-electron chi connectivity index (χ0n) is 13.0. The van der Waals surface area contributed by atoms with Crippen LogP contribution in [-0.4, -0.2) is 31.0 Å². The van der Waals surface area contributed by atoms with Crippen molar-refractivity contribution in [1.29, 1.82) is 0 Å². The summed E-state index contributed by atoms with van der Waals surface area (Å²) < 4.78 is 11.0. The average molecular weight is 293 g/mol. The SMILES string of the molecule is CC1CC=CCC1COCC(O)CN[C@H](C)c1ccco1. The number of furan rings is 1. The second-order valence-electron chi connectivity index (χ2n) is 6.02. The van der Waals surface area contributed by atoms with E-state index in [1.165, 1.54) is 0 Å². The number of rotatable bonds is 8. The van der Waals surface area contributed by atoms with Gasteiger partial charge < -0.3 is 19.6 Å². The Hall–Kier alpha value is -1.10. The van der Waals surface area contributed by atoms with Crippen molar-refractivity contribution in [1.82, 2.24) is 5.32 Å². The van der Waals surface area contributed by atoms with Crippen molar-refractivity contribution in [2.45, 2.75) is 38.8 Å². The highest BCUT2D eigenvalue weighted by atomic mass is 16.5. The summed E-state index contributed by atoms with van der Waals surface area (Å²) in [4.78, 5) is 0. The Morgan fingerprint density at radius 3 is 2.95 bits per heavy atom. The van der Waals surface area contributed by atoms with Crippen molar-refractivity contribution in [2.75, 3.05) is 19.8 Å². The molecule has 0 spiro atoms. The lowest BCUT2D eigenvalue weighted by atomic mass is 9.85. The molecule has 4 nitrogen and oxygen atoms in total. The minimum Gasteiger partial charge on any atom is -0.468 e. The van der Waals surface area contributed by atoms with E-state index >= 15 is 0 Å². The van der Waals surface area contributed by atoms with Crippen LogP contribution in [0.2, 0.25) is 0 Å². The normalized spacial score (nSPS) is 24.9. The largest absolute Gasteiger partial charge is 0.468 e. The molecule has 1 aliphatic carbocycles. The molecule has 0 saturated heterocycles. The summed E-state index contributed by atoms with van der Waals surface area (Å²) in [5.41, 5.74) is 0. The number of aliphatic hydroxyl groups is 1. The van der Waals surface area contributed by atoms with Crippen LogP contribution in [0.1, 0.15) is 38.5 Å². The molecule has 4 atom stereocenters.